The molecule has 0 saturated heterocycles. The summed E-state index contributed by atoms with van der Waals surface area (Å²) in [6.07, 6.45) is 5.96. The van der Waals surface area contributed by atoms with E-state index in [9.17, 15) is 0 Å². The maximum Gasteiger partial charge on any atom is 0.123 e. The van der Waals surface area contributed by atoms with Crippen molar-refractivity contribution in [3.05, 3.63) is 35.5 Å². The van der Waals surface area contributed by atoms with Crippen molar-refractivity contribution in [3.8, 4) is 0 Å². The molecule has 0 spiro atoms. The minimum absolute atomic E-state index is 0.111. The molecule has 1 nitrogen and oxygen atoms in total. The molecule has 0 aromatic heterocycles. The zero-order valence-corrected chi connectivity index (χ0v) is 9.91. The van der Waals surface area contributed by atoms with Crippen LogP contribution in [0, 0.1) is 5.41 Å². The first-order valence-corrected chi connectivity index (χ1v) is 5.07. The van der Waals surface area contributed by atoms with Crippen molar-refractivity contribution in [3.63, 3.8) is 0 Å². The Hall–Kier alpha value is -0.820. The lowest BCUT2D eigenvalue weighted by Crippen LogP contribution is -1.89. The van der Waals surface area contributed by atoms with E-state index in [1.54, 1.807) is 0 Å². The number of hydrogen-bond donors (Lipinski definition) is 1. The van der Waals surface area contributed by atoms with Crippen LogP contribution < -0.4 is 0 Å². The first kappa shape index (κ1) is 13.2. The molecule has 0 aliphatic heterocycles. The second-order valence-electron chi connectivity index (χ2n) is 3.46. The fourth-order valence-corrected chi connectivity index (χ4v) is 1.05. The maximum absolute atomic E-state index is 7.24. The van der Waals surface area contributed by atoms with Gasteiger partial charge in [0.05, 0.1) is 0 Å². The molecule has 14 heavy (non-hydrogen) atoms. The van der Waals surface area contributed by atoms with E-state index >= 15 is 0 Å². The first-order chi connectivity index (χ1) is 6.47. The molecule has 0 aliphatic rings. The van der Waals surface area contributed by atoms with Crippen LogP contribution in [0.2, 0.25) is 0 Å². The van der Waals surface area contributed by atoms with Crippen LogP contribution in [0.1, 0.15) is 33.6 Å². The van der Waals surface area contributed by atoms with Crippen molar-refractivity contribution in [2.24, 2.45) is 0 Å². The van der Waals surface area contributed by atoms with Crippen LogP contribution in [0.5, 0.6) is 0 Å². The molecule has 0 amide bonds. The van der Waals surface area contributed by atoms with Gasteiger partial charge in [-0.2, -0.15) is 0 Å². The zero-order chi connectivity index (χ0) is 11.1. The highest BCUT2D eigenvalue weighted by molar-refractivity contribution is 6.68. The average Bonchev–Trinajstić information content (AvgIpc) is 2.11. The highest BCUT2D eigenvalue weighted by Gasteiger charge is 1.97. The third kappa shape index (κ3) is 5.76. The SMILES string of the molecule is C=C(C)CCC(=C/C)/C=C(/C)C(=N)Cl. The van der Waals surface area contributed by atoms with Gasteiger partial charge in [0.1, 0.15) is 5.17 Å². The second kappa shape index (κ2) is 6.61. The van der Waals surface area contributed by atoms with Gasteiger partial charge in [-0.1, -0.05) is 34.9 Å². The van der Waals surface area contributed by atoms with Gasteiger partial charge in [-0.15, -0.1) is 6.58 Å². The highest BCUT2D eigenvalue weighted by atomic mass is 35.5. The van der Waals surface area contributed by atoms with Gasteiger partial charge in [0, 0.05) is 0 Å². The predicted molar refractivity (Wildman–Crippen MR) is 65.1 cm³/mol. The molecule has 0 unspecified atom stereocenters. The van der Waals surface area contributed by atoms with Gasteiger partial charge in [0.15, 0.2) is 0 Å². The summed E-state index contributed by atoms with van der Waals surface area (Å²) in [7, 11) is 0. The molecule has 78 valence electrons. The van der Waals surface area contributed by atoms with Gasteiger partial charge in [-0.3, -0.25) is 5.41 Å². The van der Waals surface area contributed by atoms with Crippen LogP contribution >= 0.6 is 11.6 Å². The number of rotatable bonds is 5. The Bertz CT molecular complexity index is 285. The Morgan fingerprint density at radius 3 is 2.29 bits per heavy atom. The van der Waals surface area contributed by atoms with E-state index in [0.29, 0.717) is 0 Å². The highest BCUT2D eigenvalue weighted by Crippen LogP contribution is 2.14. The summed E-state index contributed by atoms with van der Waals surface area (Å²) in [6.45, 7) is 9.72. The second-order valence-corrected chi connectivity index (χ2v) is 3.84. The molecule has 0 aliphatic carbocycles. The topological polar surface area (TPSA) is 23.9 Å². The lowest BCUT2D eigenvalue weighted by molar-refractivity contribution is 0.947. The molecular formula is C12H18ClN. The fraction of sp³-hybridized carbons (Fsp3) is 0.417. The van der Waals surface area contributed by atoms with E-state index < -0.39 is 0 Å². The maximum atomic E-state index is 7.24. The minimum atomic E-state index is 0.111. The summed E-state index contributed by atoms with van der Waals surface area (Å²) in [5, 5.41) is 7.35. The molecule has 2 heteroatoms. The van der Waals surface area contributed by atoms with E-state index in [0.717, 1.165) is 18.4 Å². The van der Waals surface area contributed by atoms with Crippen molar-refractivity contribution >= 4 is 16.8 Å². The van der Waals surface area contributed by atoms with Gasteiger partial charge in [-0.25, -0.2) is 0 Å². The zero-order valence-electron chi connectivity index (χ0n) is 9.15. The third-order valence-corrected chi connectivity index (χ3v) is 2.26. The molecular weight excluding hydrogens is 194 g/mol. The molecule has 0 aromatic rings. The lowest BCUT2D eigenvalue weighted by atomic mass is 10.0. The van der Waals surface area contributed by atoms with Crippen molar-refractivity contribution in [2.45, 2.75) is 33.6 Å². The Labute approximate surface area is 91.7 Å². The largest absolute Gasteiger partial charge is 0.289 e. The summed E-state index contributed by atoms with van der Waals surface area (Å²) in [4.78, 5) is 0. The molecule has 0 fully saturated rings. The quantitative estimate of drug-likeness (QED) is 0.395. The van der Waals surface area contributed by atoms with Crippen molar-refractivity contribution in [1.82, 2.24) is 0 Å². The summed E-state index contributed by atoms with van der Waals surface area (Å²) in [5.41, 5.74) is 3.19. The van der Waals surface area contributed by atoms with Crippen LogP contribution in [0.3, 0.4) is 0 Å². The molecule has 0 heterocycles. The molecule has 0 aromatic carbocycles. The van der Waals surface area contributed by atoms with Crippen molar-refractivity contribution in [1.29, 1.82) is 5.41 Å². The van der Waals surface area contributed by atoms with Gasteiger partial charge in [0.25, 0.3) is 0 Å². The van der Waals surface area contributed by atoms with E-state index in [-0.39, 0.29) is 5.17 Å². The fourth-order valence-electron chi connectivity index (χ4n) is 0.999. The summed E-state index contributed by atoms with van der Waals surface area (Å²) in [6, 6.07) is 0. The monoisotopic (exact) mass is 211 g/mol. The Kier molecular flexibility index (Phi) is 6.22. The first-order valence-electron chi connectivity index (χ1n) is 4.69. The molecule has 0 bridgehead atoms. The van der Waals surface area contributed by atoms with E-state index in [4.69, 9.17) is 17.0 Å². The van der Waals surface area contributed by atoms with Gasteiger partial charge in [-0.05, 0) is 39.2 Å². The molecule has 0 saturated carbocycles. The normalized spacial score (nSPS) is 12.9. The van der Waals surface area contributed by atoms with Gasteiger partial charge in [0.2, 0.25) is 0 Å². The van der Waals surface area contributed by atoms with Crippen LogP contribution in [-0.2, 0) is 0 Å². The molecule has 1 N–H and O–H groups in total. The average molecular weight is 212 g/mol. The van der Waals surface area contributed by atoms with Gasteiger partial charge < -0.3 is 0 Å². The van der Waals surface area contributed by atoms with Crippen LogP contribution in [-0.4, -0.2) is 5.17 Å². The van der Waals surface area contributed by atoms with E-state index in [1.807, 2.05) is 32.9 Å². The Balaban J connectivity index is 4.38. The van der Waals surface area contributed by atoms with Crippen LogP contribution in [0.15, 0.2) is 35.5 Å². The van der Waals surface area contributed by atoms with Crippen molar-refractivity contribution in [2.75, 3.05) is 0 Å². The molecule has 0 rings (SSSR count). The van der Waals surface area contributed by atoms with Crippen molar-refractivity contribution < 1.29 is 0 Å². The Morgan fingerprint density at radius 1 is 1.36 bits per heavy atom. The third-order valence-electron chi connectivity index (χ3n) is 1.96. The summed E-state index contributed by atoms with van der Waals surface area (Å²) < 4.78 is 0. The molecule has 0 atom stereocenters. The van der Waals surface area contributed by atoms with E-state index in [1.165, 1.54) is 11.1 Å². The van der Waals surface area contributed by atoms with Crippen LogP contribution in [0.25, 0.3) is 0 Å². The minimum Gasteiger partial charge on any atom is -0.289 e. The smallest absolute Gasteiger partial charge is 0.123 e. The number of nitrogens with one attached hydrogen (secondary N) is 1. The van der Waals surface area contributed by atoms with Gasteiger partial charge >= 0.3 is 0 Å². The predicted octanol–water partition coefficient (Wildman–Crippen LogP) is 4.45. The summed E-state index contributed by atoms with van der Waals surface area (Å²) in [5.74, 6) is 0. The lowest BCUT2D eigenvalue weighted by Gasteiger charge is -2.03. The van der Waals surface area contributed by atoms with E-state index in [2.05, 4.69) is 6.58 Å². The molecule has 0 radical (unpaired) electrons. The van der Waals surface area contributed by atoms with Crippen LogP contribution in [0.4, 0.5) is 0 Å². The number of allylic oxidation sites excluding steroid dienone is 5. The standard InChI is InChI=1S/C12H18ClN/c1-5-11(7-6-9(2)3)8-10(4)12(13)14/h5,8,14H,2,6-7H2,1,3-4H3/b10-8-,11-5-,14-12?. The number of hydrogen-bond acceptors (Lipinski definition) is 1. The number of halogens is 1. The summed E-state index contributed by atoms with van der Waals surface area (Å²) >= 11 is 5.56. The Morgan fingerprint density at radius 2 is 1.93 bits per heavy atom.